The number of hydrogen-bond donors (Lipinski definition) is 4. The second-order valence-electron chi connectivity index (χ2n) is 5.00. The molecule has 9 heteroatoms. The Labute approximate surface area is 143 Å². The minimum absolute atomic E-state index is 0.0359. The number of thiol groups is 1. The van der Waals surface area contributed by atoms with Crippen molar-refractivity contribution in [2.24, 2.45) is 10.7 Å². The second-order valence-corrected chi connectivity index (χ2v) is 5.37. The number of carboxylic acid groups (broad SMARTS) is 1. The number of ether oxygens (including phenoxy) is 1. The molecule has 4 N–H and O–H groups in total. The molecule has 2 rings (SSSR count). The minimum Gasteiger partial charge on any atom is -0.504 e. The maximum atomic E-state index is 12.4. The molecule has 0 radical (unpaired) electrons. The van der Waals surface area contributed by atoms with Gasteiger partial charge in [-0.25, -0.2) is 4.99 Å². The van der Waals surface area contributed by atoms with Crippen molar-refractivity contribution in [1.29, 1.82) is 0 Å². The highest BCUT2D eigenvalue weighted by Crippen LogP contribution is 2.28. The van der Waals surface area contributed by atoms with Gasteiger partial charge in [0.25, 0.3) is 5.91 Å². The standard InChI is InChI=1S/C15H17N3O5S/c1-23-12-5-8(2-3-11(12)19)4-10-15(22)18(6-13(20)21)14(17-10)9(16)7-24/h2-5,9,19,24H,6-7,16H2,1H3,(H,20,21)/b10-4-/t9-/m0/s1. The summed E-state index contributed by atoms with van der Waals surface area (Å²) in [7, 11) is 1.41. The van der Waals surface area contributed by atoms with E-state index in [4.69, 9.17) is 15.6 Å². The fourth-order valence-electron chi connectivity index (χ4n) is 2.16. The lowest BCUT2D eigenvalue weighted by molar-refractivity contribution is -0.140. The molecule has 1 amide bonds. The first kappa shape index (κ1) is 17.8. The number of aliphatic carboxylic acids is 1. The molecule has 1 aromatic rings. The third-order valence-electron chi connectivity index (χ3n) is 3.30. The van der Waals surface area contributed by atoms with E-state index in [-0.39, 0.29) is 28.8 Å². The Morgan fingerprint density at radius 3 is 2.83 bits per heavy atom. The number of aromatic hydroxyl groups is 1. The van der Waals surface area contributed by atoms with Crippen LogP contribution in [0.15, 0.2) is 28.9 Å². The Kier molecular flexibility index (Phi) is 5.47. The van der Waals surface area contributed by atoms with Gasteiger partial charge in [0.2, 0.25) is 0 Å². The van der Waals surface area contributed by atoms with Gasteiger partial charge in [-0.1, -0.05) is 6.07 Å². The van der Waals surface area contributed by atoms with E-state index in [1.165, 1.54) is 25.3 Å². The van der Waals surface area contributed by atoms with Crippen molar-refractivity contribution in [3.63, 3.8) is 0 Å². The molecule has 0 saturated carbocycles. The van der Waals surface area contributed by atoms with Gasteiger partial charge in [0.05, 0.1) is 13.2 Å². The number of phenolic OH excluding ortho intramolecular Hbond substituents is 1. The molecular formula is C15H17N3O5S. The summed E-state index contributed by atoms with van der Waals surface area (Å²) in [6.07, 6.45) is 1.47. The molecule has 1 aliphatic heterocycles. The van der Waals surface area contributed by atoms with E-state index in [0.29, 0.717) is 5.56 Å². The average molecular weight is 351 g/mol. The zero-order valence-electron chi connectivity index (χ0n) is 12.8. The molecule has 1 heterocycles. The number of nitrogens with zero attached hydrogens (tertiary/aromatic N) is 2. The number of carboxylic acids is 1. The molecule has 8 nitrogen and oxygen atoms in total. The zero-order valence-corrected chi connectivity index (χ0v) is 13.7. The SMILES string of the molecule is COc1cc(/C=C2\N=C([C@@H](N)CS)N(CC(=O)O)C2=O)ccc1O. The molecule has 0 bridgehead atoms. The van der Waals surface area contributed by atoms with Gasteiger partial charge >= 0.3 is 5.97 Å². The summed E-state index contributed by atoms with van der Waals surface area (Å²) in [5, 5.41) is 18.6. The van der Waals surface area contributed by atoms with Crippen molar-refractivity contribution >= 4 is 36.4 Å². The smallest absolute Gasteiger partial charge is 0.323 e. The number of methoxy groups -OCH3 is 1. The van der Waals surface area contributed by atoms with Crippen molar-refractivity contribution in [2.45, 2.75) is 6.04 Å². The first-order chi connectivity index (χ1) is 11.4. The fraction of sp³-hybridized carbons (Fsp3) is 0.267. The van der Waals surface area contributed by atoms with Crippen molar-refractivity contribution in [3.8, 4) is 11.5 Å². The van der Waals surface area contributed by atoms with Crippen LogP contribution in [-0.2, 0) is 9.59 Å². The third-order valence-corrected chi connectivity index (χ3v) is 3.70. The summed E-state index contributed by atoms with van der Waals surface area (Å²) in [4.78, 5) is 28.6. The lowest BCUT2D eigenvalue weighted by Gasteiger charge is -2.19. The van der Waals surface area contributed by atoms with Crippen LogP contribution in [0, 0.1) is 0 Å². The fourth-order valence-corrected chi connectivity index (χ4v) is 2.33. The number of nitrogens with two attached hydrogens (primary N) is 1. The van der Waals surface area contributed by atoms with Crippen LogP contribution in [0.5, 0.6) is 11.5 Å². The number of carbonyl (C=O) groups is 2. The van der Waals surface area contributed by atoms with Gasteiger partial charge in [0, 0.05) is 5.75 Å². The summed E-state index contributed by atoms with van der Waals surface area (Å²) in [6, 6.07) is 3.86. The highest BCUT2D eigenvalue weighted by molar-refractivity contribution is 7.80. The van der Waals surface area contributed by atoms with Crippen LogP contribution < -0.4 is 10.5 Å². The van der Waals surface area contributed by atoms with Crippen molar-refractivity contribution < 1.29 is 24.5 Å². The van der Waals surface area contributed by atoms with Crippen molar-refractivity contribution in [2.75, 3.05) is 19.4 Å². The van der Waals surface area contributed by atoms with Gasteiger partial charge < -0.3 is 20.7 Å². The maximum Gasteiger partial charge on any atom is 0.323 e. The molecule has 128 valence electrons. The van der Waals surface area contributed by atoms with Gasteiger partial charge in [-0.05, 0) is 23.8 Å². The molecule has 1 aliphatic rings. The molecule has 1 atom stereocenters. The predicted octanol–water partition coefficient (Wildman–Crippen LogP) is 0.324. The topological polar surface area (TPSA) is 125 Å². The Morgan fingerprint density at radius 2 is 2.25 bits per heavy atom. The molecule has 0 aromatic heterocycles. The largest absolute Gasteiger partial charge is 0.504 e. The molecule has 0 fully saturated rings. The first-order valence-corrected chi connectivity index (χ1v) is 7.58. The van der Waals surface area contributed by atoms with E-state index in [9.17, 15) is 14.7 Å². The molecule has 0 aliphatic carbocycles. The van der Waals surface area contributed by atoms with Crippen LogP contribution in [0.4, 0.5) is 0 Å². The van der Waals surface area contributed by atoms with E-state index in [0.717, 1.165) is 4.90 Å². The van der Waals surface area contributed by atoms with E-state index >= 15 is 0 Å². The summed E-state index contributed by atoms with van der Waals surface area (Å²) < 4.78 is 5.01. The van der Waals surface area contributed by atoms with Crippen molar-refractivity contribution in [3.05, 3.63) is 29.5 Å². The molecule has 24 heavy (non-hydrogen) atoms. The molecule has 0 unspecified atom stereocenters. The van der Waals surface area contributed by atoms with E-state index in [1.54, 1.807) is 6.07 Å². The first-order valence-electron chi connectivity index (χ1n) is 6.94. The van der Waals surface area contributed by atoms with Gasteiger partial charge in [-0.15, -0.1) is 0 Å². The number of phenols is 1. The lowest BCUT2D eigenvalue weighted by atomic mass is 10.1. The van der Waals surface area contributed by atoms with Gasteiger partial charge in [-0.3, -0.25) is 14.5 Å². The zero-order chi connectivity index (χ0) is 17.9. The monoisotopic (exact) mass is 351 g/mol. The minimum atomic E-state index is -1.17. The number of aliphatic imine (C=N–C) groups is 1. The number of carbonyl (C=O) groups excluding carboxylic acids is 1. The Hall–Kier alpha value is -2.52. The number of amides is 1. The number of hydrogen-bond acceptors (Lipinski definition) is 7. The molecular weight excluding hydrogens is 334 g/mol. The van der Waals surface area contributed by atoms with Crippen molar-refractivity contribution in [1.82, 2.24) is 4.90 Å². The third kappa shape index (κ3) is 3.69. The normalized spacial score (nSPS) is 17.1. The lowest BCUT2D eigenvalue weighted by Crippen LogP contribution is -2.46. The van der Waals surface area contributed by atoms with E-state index in [2.05, 4.69) is 17.6 Å². The molecule has 0 saturated heterocycles. The maximum absolute atomic E-state index is 12.4. The van der Waals surface area contributed by atoms with E-state index < -0.39 is 24.5 Å². The molecule has 0 spiro atoms. The van der Waals surface area contributed by atoms with Crippen LogP contribution in [0.1, 0.15) is 5.56 Å². The summed E-state index contributed by atoms with van der Waals surface area (Å²) in [6.45, 7) is -0.532. The van der Waals surface area contributed by atoms with Crippen LogP contribution in [0.2, 0.25) is 0 Å². The number of benzene rings is 1. The van der Waals surface area contributed by atoms with Gasteiger partial charge in [0.15, 0.2) is 11.5 Å². The van der Waals surface area contributed by atoms with Crippen LogP contribution in [0.25, 0.3) is 6.08 Å². The summed E-state index contributed by atoms with van der Waals surface area (Å²) in [5.74, 6) is -1.15. The Bertz CT molecular complexity index is 732. The predicted molar refractivity (Wildman–Crippen MR) is 91.2 cm³/mol. The number of amidine groups is 1. The highest BCUT2D eigenvalue weighted by atomic mass is 32.1. The average Bonchev–Trinajstić information content (AvgIpc) is 2.84. The number of rotatable bonds is 6. The summed E-state index contributed by atoms with van der Waals surface area (Å²) >= 11 is 4.06. The quantitative estimate of drug-likeness (QED) is 0.432. The van der Waals surface area contributed by atoms with Gasteiger partial charge in [0.1, 0.15) is 18.1 Å². The highest BCUT2D eigenvalue weighted by Gasteiger charge is 2.34. The van der Waals surface area contributed by atoms with Crippen LogP contribution in [-0.4, -0.2) is 58.3 Å². The Balaban J connectivity index is 2.40. The Morgan fingerprint density at radius 1 is 1.54 bits per heavy atom. The summed E-state index contributed by atoms with van der Waals surface area (Å²) in [5.41, 5.74) is 6.47. The van der Waals surface area contributed by atoms with Gasteiger partial charge in [-0.2, -0.15) is 12.6 Å². The van der Waals surface area contributed by atoms with Crippen LogP contribution in [0.3, 0.4) is 0 Å². The molecule has 1 aromatic carbocycles. The van der Waals surface area contributed by atoms with Crippen LogP contribution >= 0.6 is 12.6 Å². The van der Waals surface area contributed by atoms with E-state index in [1.807, 2.05) is 0 Å². The second kappa shape index (κ2) is 7.37.